The number of fused-ring (bicyclic) bond motifs is 1. The van der Waals surface area contributed by atoms with Crippen molar-refractivity contribution in [3.05, 3.63) is 52.6 Å². The lowest BCUT2D eigenvalue weighted by molar-refractivity contribution is -0.130. The van der Waals surface area contributed by atoms with E-state index in [0.29, 0.717) is 0 Å². The monoisotopic (exact) mass is 394 g/mol. The molecule has 0 N–H and O–H groups in total. The highest BCUT2D eigenvalue weighted by atomic mass is 16.5. The number of methoxy groups -OCH3 is 1. The lowest BCUT2D eigenvalue weighted by Gasteiger charge is -2.32. The predicted molar refractivity (Wildman–Crippen MR) is 112 cm³/mol. The summed E-state index contributed by atoms with van der Waals surface area (Å²) in [6.45, 7) is 8.03. The molecule has 0 unspecified atom stereocenters. The maximum absolute atomic E-state index is 11.7. The zero-order valence-corrected chi connectivity index (χ0v) is 17.6. The Bertz CT molecular complexity index is 898. The Hall–Kier alpha value is -2.47. The molecular weight excluding hydrogens is 364 g/mol. The lowest BCUT2D eigenvalue weighted by atomic mass is 9.96. The van der Waals surface area contributed by atoms with Gasteiger partial charge in [0.15, 0.2) is 0 Å². The second-order valence-corrected chi connectivity index (χ2v) is 8.28. The maximum Gasteiger partial charge on any atom is 0.219 e. The standard InChI is InChI=1S/C23H30N4O2/c1-16-6-7-18(22(11-16)29-3)13-26-10-8-21-20(14-26)12-24-23(25-21)19-5-4-9-27(15-19)17(2)28/h6-7,11-12,19H,4-5,8-10,13-15H2,1-3H3/t19-/m1/s1. The highest BCUT2D eigenvalue weighted by Crippen LogP contribution is 2.28. The number of amides is 1. The molecule has 1 atom stereocenters. The summed E-state index contributed by atoms with van der Waals surface area (Å²) >= 11 is 0. The summed E-state index contributed by atoms with van der Waals surface area (Å²) in [5, 5.41) is 0. The van der Waals surface area contributed by atoms with Crippen molar-refractivity contribution in [2.24, 2.45) is 0 Å². The number of likely N-dealkylation sites (tertiary alicyclic amines) is 1. The Labute approximate surface area is 172 Å². The van der Waals surface area contributed by atoms with Gasteiger partial charge < -0.3 is 9.64 Å². The van der Waals surface area contributed by atoms with E-state index in [9.17, 15) is 4.79 Å². The molecule has 1 fully saturated rings. The van der Waals surface area contributed by atoms with E-state index in [-0.39, 0.29) is 11.8 Å². The van der Waals surface area contributed by atoms with Gasteiger partial charge >= 0.3 is 0 Å². The molecule has 0 spiro atoms. The number of ether oxygens (including phenoxy) is 1. The van der Waals surface area contributed by atoms with E-state index in [0.717, 1.165) is 63.6 Å². The average molecular weight is 395 g/mol. The first-order chi connectivity index (χ1) is 14.0. The molecular formula is C23H30N4O2. The molecule has 1 aromatic heterocycles. The van der Waals surface area contributed by atoms with Gasteiger partial charge in [0.2, 0.25) is 5.91 Å². The normalized spacial score (nSPS) is 19.7. The van der Waals surface area contributed by atoms with E-state index >= 15 is 0 Å². The molecule has 3 heterocycles. The van der Waals surface area contributed by atoms with Crippen LogP contribution in [0.25, 0.3) is 0 Å². The minimum atomic E-state index is 0.148. The molecule has 2 aromatic rings. The third-order valence-electron chi connectivity index (χ3n) is 6.10. The summed E-state index contributed by atoms with van der Waals surface area (Å²) in [6, 6.07) is 6.39. The topological polar surface area (TPSA) is 58.6 Å². The number of rotatable bonds is 4. The van der Waals surface area contributed by atoms with Crippen LogP contribution in [0, 0.1) is 6.92 Å². The molecule has 6 nitrogen and oxygen atoms in total. The van der Waals surface area contributed by atoms with Crippen LogP contribution in [-0.4, -0.2) is 52.4 Å². The number of nitrogens with zero attached hydrogens (tertiary/aromatic N) is 4. The Kier molecular flexibility index (Phi) is 5.81. The van der Waals surface area contributed by atoms with Gasteiger partial charge in [-0.1, -0.05) is 12.1 Å². The van der Waals surface area contributed by atoms with Crippen LogP contribution in [0.1, 0.15) is 53.9 Å². The first-order valence-electron chi connectivity index (χ1n) is 10.5. The fourth-order valence-corrected chi connectivity index (χ4v) is 4.42. The predicted octanol–water partition coefficient (Wildman–Crippen LogP) is 3.08. The third-order valence-corrected chi connectivity index (χ3v) is 6.10. The molecule has 0 bridgehead atoms. The minimum absolute atomic E-state index is 0.148. The van der Waals surface area contributed by atoms with Gasteiger partial charge in [-0.2, -0.15) is 0 Å². The van der Waals surface area contributed by atoms with E-state index < -0.39 is 0 Å². The van der Waals surface area contributed by atoms with Crippen molar-refractivity contribution >= 4 is 5.91 Å². The molecule has 2 aliphatic heterocycles. The zero-order chi connectivity index (χ0) is 20.4. The molecule has 1 aromatic carbocycles. The summed E-state index contributed by atoms with van der Waals surface area (Å²) in [5.41, 5.74) is 4.81. The molecule has 0 aliphatic carbocycles. The number of piperidine rings is 1. The van der Waals surface area contributed by atoms with Gasteiger partial charge in [0.1, 0.15) is 11.6 Å². The van der Waals surface area contributed by atoms with E-state index in [4.69, 9.17) is 14.7 Å². The van der Waals surface area contributed by atoms with Gasteiger partial charge in [0.05, 0.1) is 7.11 Å². The fourth-order valence-electron chi connectivity index (χ4n) is 4.42. The SMILES string of the molecule is COc1cc(C)ccc1CN1CCc2nc([C@@H]3CCCN(C(C)=O)C3)ncc2C1. The lowest BCUT2D eigenvalue weighted by Crippen LogP contribution is -2.38. The summed E-state index contributed by atoms with van der Waals surface area (Å²) in [5.74, 6) is 2.26. The van der Waals surface area contributed by atoms with Crippen molar-refractivity contribution in [3.63, 3.8) is 0 Å². The van der Waals surface area contributed by atoms with Crippen molar-refractivity contribution in [2.75, 3.05) is 26.7 Å². The van der Waals surface area contributed by atoms with Crippen molar-refractivity contribution in [3.8, 4) is 5.75 Å². The highest BCUT2D eigenvalue weighted by molar-refractivity contribution is 5.73. The summed E-state index contributed by atoms with van der Waals surface area (Å²) in [4.78, 5) is 25.7. The zero-order valence-electron chi connectivity index (χ0n) is 17.6. The van der Waals surface area contributed by atoms with E-state index in [1.807, 2.05) is 11.1 Å². The summed E-state index contributed by atoms with van der Waals surface area (Å²) < 4.78 is 5.57. The average Bonchev–Trinajstić information content (AvgIpc) is 2.74. The van der Waals surface area contributed by atoms with Crippen molar-refractivity contribution in [1.29, 1.82) is 0 Å². The number of aromatic nitrogens is 2. The number of benzene rings is 1. The van der Waals surface area contributed by atoms with Gasteiger partial charge in [-0.25, -0.2) is 9.97 Å². The van der Waals surface area contributed by atoms with Gasteiger partial charge in [0, 0.05) is 75.0 Å². The van der Waals surface area contributed by atoms with Gasteiger partial charge in [-0.3, -0.25) is 9.69 Å². The molecule has 29 heavy (non-hydrogen) atoms. The van der Waals surface area contributed by atoms with Crippen molar-refractivity contribution in [2.45, 2.75) is 52.1 Å². The van der Waals surface area contributed by atoms with E-state index in [1.165, 1.54) is 22.4 Å². The van der Waals surface area contributed by atoms with Crippen LogP contribution in [-0.2, 0) is 24.3 Å². The molecule has 4 rings (SSSR count). The van der Waals surface area contributed by atoms with Gasteiger partial charge in [-0.05, 0) is 31.4 Å². The Morgan fingerprint density at radius 2 is 2.17 bits per heavy atom. The van der Waals surface area contributed by atoms with Crippen LogP contribution >= 0.6 is 0 Å². The number of aryl methyl sites for hydroxylation is 1. The number of hydrogen-bond acceptors (Lipinski definition) is 5. The van der Waals surface area contributed by atoms with Crippen LogP contribution in [0.15, 0.2) is 24.4 Å². The molecule has 0 saturated carbocycles. The van der Waals surface area contributed by atoms with Crippen molar-refractivity contribution in [1.82, 2.24) is 19.8 Å². The third kappa shape index (κ3) is 4.42. The summed E-state index contributed by atoms with van der Waals surface area (Å²) in [7, 11) is 1.73. The second-order valence-electron chi connectivity index (χ2n) is 8.28. The van der Waals surface area contributed by atoms with Crippen LogP contribution in [0.2, 0.25) is 0 Å². The maximum atomic E-state index is 11.7. The molecule has 2 aliphatic rings. The smallest absolute Gasteiger partial charge is 0.219 e. The van der Waals surface area contributed by atoms with Crippen LogP contribution in [0.5, 0.6) is 5.75 Å². The highest BCUT2D eigenvalue weighted by Gasteiger charge is 2.26. The molecule has 154 valence electrons. The Morgan fingerprint density at radius 1 is 1.31 bits per heavy atom. The quantitative estimate of drug-likeness (QED) is 0.798. The molecule has 1 amide bonds. The van der Waals surface area contributed by atoms with Crippen LogP contribution in [0.3, 0.4) is 0 Å². The number of hydrogen-bond donors (Lipinski definition) is 0. The number of carbonyl (C=O) groups is 1. The Balaban J connectivity index is 1.45. The van der Waals surface area contributed by atoms with E-state index in [1.54, 1.807) is 14.0 Å². The minimum Gasteiger partial charge on any atom is -0.496 e. The molecule has 6 heteroatoms. The van der Waals surface area contributed by atoms with Gasteiger partial charge in [-0.15, -0.1) is 0 Å². The van der Waals surface area contributed by atoms with Crippen LogP contribution < -0.4 is 4.74 Å². The largest absolute Gasteiger partial charge is 0.496 e. The van der Waals surface area contributed by atoms with Crippen LogP contribution in [0.4, 0.5) is 0 Å². The van der Waals surface area contributed by atoms with E-state index in [2.05, 4.69) is 30.0 Å². The first-order valence-corrected chi connectivity index (χ1v) is 10.5. The van der Waals surface area contributed by atoms with Crippen molar-refractivity contribution < 1.29 is 9.53 Å². The Morgan fingerprint density at radius 3 is 2.97 bits per heavy atom. The second kappa shape index (κ2) is 8.49. The van der Waals surface area contributed by atoms with Gasteiger partial charge in [0.25, 0.3) is 0 Å². The molecule has 0 radical (unpaired) electrons. The number of carbonyl (C=O) groups excluding carboxylic acids is 1. The molecule has 1 saturated heterocycles. The first kappa shape index (κ1) is 19.8. The fraction of sp³-hybridized carbons (Fsp3) is 0.522. The summed E-state index contributed by atoms with van der Waals surface area (Å²) in [6.07, 6.45) is 5.02.